The molecule has 0 aliphatic heterocycles. The molecule has 2 atom stereocenters. The van der Waals surface area contributed by atoms with Crippen LogP contribution in [0.4, 0.5) is 8.78 Å². The Bertz CT molecular complexity index is 1420. The highest BCUT2D eigenvalue weighted by molar-refractivity contribution is 7.86. The maximum Gasteiger partial charge on any atom is 0.308 e. The summed E-state index contributed by atoms with van der Waals surface area (Å²) in [6.45, 7) is 14.2. The quantitative estimate of drug-likeness (QED) is 0.109. The number of ether oxygens (including phenoxy) is 2. The van der Waals surface area contributed by atoms with Gasteiger partial charge in [0.1, 0.15) is 17.4 Å². The number of carbonyl (C=O) groups excluding carboxylic acids is 2. The summed E-state index contributed by atoms with van der Waals surface area (Å²) in [7, 11) is -4.08. The molecular weight excluding hydrogens is 568 g/mol. The molecule has 8 nitrogen and oxygen atoms in total. The second-order valence-electron chi connectivity index (χ2n) is 9.90. The van der Waals surface area contributed by atoms with Gasteiger partial charge in [-0.2, -0.15) is 8.42 Å². The first-order valence-corrected chi connectivity index (χ1v) is 15.3. The molecule has 1 amide bonds. The standard InChI is InChI=1S/C31H39F2NO7S/c1-8-11-12-14-40-25-16-19(4)15-20(5)27(25)22-17-21(6)29(32)28(30(22)33)23(18-26(35)39-10-3)34-31(36)24(13-9-2)41-42(7,37)38/h8-9,15-17,23-24H,1-2,10-14,18H2,3-7H3,(H,34,36)/t23-,24+/m0/s1. The molecule has 0 saturated heterocycles. The molecular formula is C31H39F2NO7S. The Labute approximate surface area is 246 Å². The third kappa shape index (κ3) is 9.49. The lowest BCUT2D eigenvalue weighted by Crippen LogP contribution is -2.41. The summed E-state index contributed by atoms with van der Waals surface area (Å²) in [5, 5.41) is 2.41. The molecule has 1 N–H and O–H groups in total. The van der Waals surface area contributed by atoms with Crippen molar-refractivity contribution in [3.63, 3.8) is 0 Å². The van der Waals surface area contributed by atoms with Gasteiger partial charge in [0.2, 0.25) is 0 Å². The van der Waals surface area contributed by atoms with Crippen molar-refractivity contribution in [1.82, 2.24) is 5.32 Å². The van der Waals surface area contributed by atoms with Crippen LogP contribution < -0.4 is 10.1 Å². The van der Waals surface area contributed by atoms with Gasteiger partial charge < -0.3 is 14.8 Å². The van der Waals surface area contributed by atoms with Crippen molar-refractivity contribution in [2.24, 2.45) is 0 Å². The molecule has 0 fully saturated rings. The van der Waals surface area contributed by atoms with Crippen molar-refractivity contribution in [3.8, 4) is 16.9 Å². The smallest absolute Gasteiger partial charge is 0.308 e. The van der Waals surface area contributed by atoms with E-state index in [-0.39, 0.29) is 24.2 Å². The summed E-state index contributed by atoms with van der Waals surface area (Å²) in [6.07, 6.45) is 2.77. The number of hydrogen-bond acceptors (Lipinski definition) is 7. The van der Waals surface area contributed by atoms with E-state index in [0.717, 1.165) is 18.2 Å². The SMILES string of the molecule is C=CCCCOc1cc(C)cc(C)c1-c1cc(C)c(F)c([C@H](CC(=O)OCC)NC(=O)[C@@H](CC=C)OS(C)(=O)=O)c1F. The normalized spacial score (nSPS) is 12.7. The highest BCUT2D eigenvalue weighted by Gasteiger charge is 2.32. The van der Waals surface area contributed by atoms with Gasteiger partial charge in [0.15, 0.2) is 6.10 Å². The topological polar surface area (TPSA) is 108 Å². The van der Waals surface area contributed by atoms with Crippen molar-refractivity contribution < 1.29 is 40.4 Å². The molecule has 11 heteroatoms. The minimum absolute atomic E-state index is 0.00504. The second-order valence-corrected chi connectivity index (χ2v) is 11.5. The zero-order valence-electron chi connectivity index (χ0n) is 24.7. The Balaban J connectivity index is 2.72. The average Bonchev–Trinajstić information content (AvgIpc) is 2.88. The molecule has 42 heavy (non-hydrogen) atoms. The van der Waals surface area contributed by atoms with E-state index in [1.54, 1.807) is 26.0 Å². The Hall–Kier alpha value is -3.57. The fourth-order valence-electron chi connectivity index (χ4n) is 4.51. The summed E-state index contributed by atoms with van der Waals surface area (Å²) in [6, 6.07) is 3.38. The number of halogens is 2. The largest absolute Gasteiger partial charge is 0.493 e. The summed E-state index contributed by atoms with van der Waals surface area (Å²) < 4.78 is 71.6. The Morgan fingerprint density at radius 3 is 2.33 bits per heavy atom. The van der Waals surface area contributed by atoms with Gasteiger partial charge >= 0.3 is 5.97 Å². The van der Waals surface area contributed by atoms with E-state index in [9.17, 15) is 18.0 Å². The number of benzene rings is 2. The van der Waals surface area contributed by atoms with Crippen molar-refractivity contribution in [2.45, 2.75) is 65.5 Å². The predicted octanol–water partition coefficient (Wildman–Crippen LogP) is 5.93. The maximum atomic E-state index is 16.5. The zero-order chi connectivity index (χ0) is 31.6. The van der Waals surface area contributed by atoms with E-state index < -0.39 is 57.8 Å². The van der Waals surface area contributed by atoms with Crippen molar-refractivity contribution in [1.29, 1.82) is 0 Å². The molecule has 0 aliphatic rings. The maximum absolute atomic E-state index is 16.5. The zero-order valence-corrected chi connectivity index (χ0v) is 25.5. The lowest BCUT2D eigenvalue weighted by Gasteiger charge is -2.25. The minimum Gasteiger partial charge on any atom is -0.493 e. The van der Waals surface area contributed by atoms with Crippen molar-refractivity contribution >= 4 is 22.0 Å². The summed E-state index contributed by atoms with van der Waals surface area (Å²) in [5.74, 6) is -3.43. The van der Waals surface area contributed by atoms with Gasteiger partial charge in [-0.15, -0.1) is 13.2 Å². The third-order valence-electron chi connectivity index (χ3n) is 6.24. The highest BCUT2D eigenvalue weighted by atomic mass is 32.2. The lowest BCUT2D eigenvalue weighted by molar-refractivity contribution is -0.144. The minimum atomic E-state index is -4.08. The molecule has 0 aliphatic carbocycles. The van der Waals surface area contributed by atoms with Crippen LogP contribution in [0.3, 0.4) is 0 Å². The summed E-state index contributed by atoms with van der Waals surface area (Å²) in [4.78, 5) is 25.7. The van der Waals surface area contributed by atoms with E-state index in [0.29, 0.717) is 29.9 Å². The van der Waals surface area contributed by atoms with Crippen LogP contribution in [0.5, 0.6) is 5.75 Å². The van der Waals surface area contributed by atoms with Crippen molar-refractivity contribution in [3.05, 3.63) is 77.4 Å². The molecule has 0 saturated carbocycles. The molecule has 2 aromatic rings. The number of esters is 1. The highest BCUT2D eigenvalue weighted by Crippen LogP contribution is 2.40. The number of nitrogens with one attached hydrogen (secondary N) is 1. The molecule has 230 valence electrons. The van der Waals surface area contributed by atoms with E-state index >= 15 is 8.78 Å². The van der Waals surface area contributed by atoms with Crippen molar-refractivity contribution in [2.75, 3.05) is 19.5 Å². The Morgan fingerprint density at radius 2 is 1.74 bits per heavy atom. The number of carbonyl (C=O) groups is 2. The Morgan fingerprint density at radius 1 is 1.05 bits per heavy atom. The average molecular weight is 608 g/mol. The number of amides is 1. The molecule has 0 radical (unpaired) electrons. The number of rotatable bonds is 16. The van der Waals surface area contributed by atoms with Crippen LogP contribution in [0.15, 0.2) is 43.5 Å². The van der Waals surface area contributed by atoms with Crippen LogP contribution in [0, 0.1) is 32.4 Å². The van der Waals surface area contributed by atoms with Gasteiger partial charge in [-0.25, -0.2) is 8.78 Å². The van der Waals surface area contributed by atoms with E-state index in [1.807, 2.05) is 13.0 Å². The summed E-state index contributed by atoms with van der Waals surface area (Å²) >= 11 is 0. The first-order chi connectivity index (χ1) is 19.7. The van der Waals surface area contributed by atoms with Crippen LogP contribution >= 0.6 is 0 Å². The first-order valence-electron chi connectivity index (χ1n) is 13.5. The monoisotopic (exact) mass is 607 g/mol. The third-order valence-corrected chi connectivity index (χ3v) is 6.83. The van der Waals surface area contributed by atoms with Gasteiger partial charge in [0.25, 0.3) is 16.0 Å². The lowest BCUT2D eigenvalue weighted by atomic mass is 9.90. The Kier molecular flexibility index (Phi) is 12.9. The summed E-state index contributed by atoms with van der Waals surface area (Å²) in [5.41, 5.74) is 1.42. The number of hydrogen-bond donors (Lipinski definition) is 1. The van der Waals surface area contributed by atoms with Crippen LogP contribution in [-0.4, -0.2) is 45.9 Å². The van der Waals surface area contributed by atoms with Crippen LogP contribution in [0.1, 0.15) is 60.9 Å². The molecule has 2 aromatic carbocycles. The number of allylic oxidation sites excluding steroid dienone is 1. The van der Waals surface area contributed by atoms with Crippen LogP contribution in [0.25, 0.3) is 11.1 Å². The molecule has 0 heterocycles. The predicted molar refractivity (Wildman–Crippen MR) is 158 cm³/mol. The number of unbranched alkanes of at least 4 members (excludes halogenated alkanes) is 1. The molecule has 0 aromatic heterocycles. The van der Waals surface area contributed by atoms with Gasteiger partial charge in [0.05, 0.1) is 31.9 Å². The number of aryl methyl sites for hydroxylation is 3. The first kappa shape index (κ1) is 34.6. The van der Waals surface area contributed by atoms with Gasteiger partial charge in [0, 0.05) is 23.1 Å². The van der Waals surface area contributed by atoms with Gasteiger partial charge in [-0.05, 0) is 69.4 Å². The molecule has 0 spiro atoms. The van der Waals surface area contributed by atoms with E-state index in [2.05, 4.69) is 18.5 Å². The van der Waals surface area contributed by atoms with Gasteiger partial charge in [-0.1, -0.05) is 18.2 Å². The van der Waals surface area contributed by atoms with Gasteiger partial charge in [-0.3, -0.25) is 13.8 Å². The molecule has 2 rings (SSSR count). The van der Waals surface area contributed by atoms with E-state index in [4.69, 9.17) is 13.7 Å². The fourth-order valence-corrected chi connectivity index (χ4v) is 5.10. The molecule has 0 bridgehead atoms. The van der Waals surface area contributed by atoms with Crippen LogP contribution in [-0.2, 0) is 28.6 Å². The molecule has 0 unspecified atom stereocenters. The fraction of sp³-hybridized carbons (Fsp3) is 0.419. The van der Waals surface area contributed by atoms with Crippen LogP contribution in [0.2, 0.25) is 0 Å². The van der Waals surface area contributed by atoms with E-state index in [1.165, 1.54) is 19.1 Å². The second kappa shape index (κ2) is 15.6.